The average Bonchev–Trinajstić information content (AvgIpc) is 2.46. The molecule has 0 aromatic heterocycles. The first-order chi connectivity index (χ1) is 10.7. The van der Waals surface area contributed by atoms with Gasteiger partial charge < -0.3 is 9.31 Å². The third-order valence-corrected chi connectivity index (χ3v) is 2.77. The van der Waals surface area contributed by atoms with Gasteiger partial charge in [0.2, 0.25) is 0 Å². The van der Waals surface area contributed by atoms with Crippen LogP contribution >= 0.6 is 0 Å². The molecule has 0 saturated carbocycles. The van der Waals surface area contributed by atoms with Gasteiger partial charge in [0, 0.05) is 0 Å². The predicted molar refractivity (Wildman–Crippen MR) is 71.3 cm³/mol. The summed E-state index contributed by atoms with van der Waals surface area (Å²) in [6, 6.07) is 8.17. The van der Waals surface area contributed by atoms with Crippen molar-refractivity contribution in [2.45, 2.75) is 12.4 Å². The smallest absolute Gasteiger partial charge is 0.529 e. The van der Waals surface area contributed by atoms with Crippen molar-refractivity contribution in [1.29, 1.82) is 0 Å². The third-order valence-electron chi connectivity index (χ3n) is 2.77. The SMILES string of the molecule is FC(F)(F)c1cccc(OBOc2cccc(C(F)(F)F)c2)c1. The Labute approximate surface area is 127 Å². The van der Waals surface area contributed by atoms with Crippen LogP contribution in [0.5, 0.6) is 11.5 Å². The summed E-state index contributed by atoms with van der Waals surface area (Å²) in [5.41, 5.74) is -1.79. The fraction of sp³-hybridized carbons (Fsp3) is 0.143. The van der Waals surface area contributed by atoms with Crippen LogP contribution in [0.3, 0.4) is 0 Å². The molecule has 0 radical (unpaired) electrons. The summed E-state index contributed by atoms with van der Waals surface area (Å²) >= 11 is 0. The van der Waals surface area contributed by atoms with Gasteiger partial charge in [-0.25, -0.2) is 0 Å². The van der Waals surface area contributed by atoms with Crippen molar-refractivity contribution in [3.8, 4) is 11.5 Å². The molecule has 0 amide bonds. The molecule has 0 atom stereocenters. The minimum atomic E-state index is -4.51. The van der Waals surface area contributed by atoms with E-state index < -0.39 is 31.2 Å². The Hall–Kier alpha value is -2.32. The molecule has 0 heterocycles. The summed E-state index contributed by atoms with van der Waals surface area (Å²) in [6.07, 6.45) is -9.03. The topological polar surface area (TPSA) is 18.5 Å². The van der Waals surface area contributed by atoms with E-state index in [2.05, 4.69) is 0 Å². The number of halogens is 6. The van der Waals surface area contributed by atoms with E-state index in [1.807, 2.05) is 0 Å². The molecule has 2 aromatic rings. The lowest BCUT2D eigenvalue weighted by atomic mass is 10.2. The third kappa shape index (κ3) is 4.83. The summed E-state index contributed by atoms with van der Waals surface area (Å²) in [7, 11) is -0.525. The number of hydrogen-bond donors (Lipinski definition) is 0. The van der Waals surface area contributed by atoms with Gasteiger partial charge in [0.05, 0.1) is 11.1 Å². The van der Waals surface area contributed by atoms with Gasteiger partial charge in [0.25, 0.3) is 0 Å². The molecule has 0 saturated heterocycles. The zero-order chi connectivity index (χ0) is 17.1. The van der Waals surface area contributed by atoms with Crippen molar-refractivity contribution >= 4 is 7.69 Å². The molecule has 2 rings (SSSR count). The van der Waals surface area contributed by atoms with Gasteiger partial charge in [-0.2, -0.15) is 26.3 Å². The van der Waals surface area contributed by atoms with E-state index in [9.17, 15) is 26.3 Å². The molecule has 0 fully saturated rings. The van der Waals surface area contributed by atoms with Crippen molar-refractivity contribution in [3.05, 3.63) is 59.7 Å². The van der Waals surface area contributed by atoms with E-state index in [0.29, 0.717) is 0 Å². The van der Waals surface area contributed by atoms with Crippen LogP contribution in [-0.4, -0.2) is 7.69 Å². The highest BCUT2D eigenvalue weighted by Crippen LogP contribution is 2.32. The molecule has 2 aromatic carbocycles. The quantitative estimate of drug-likeness (QED) is 0.608. The Morgan fingerprint density at radius 1 is 0.652 bits per heavy atom. The molecular formula is C14H9BF6O2. The Morgan fingerprint density at radius 2 is 1.04 bits per heavy atom. The summed E-state index contributed by atoms with van der Waals surface area (Å²) < 4.78 is 85.0. The van der Waals surface area contributed by atoms with Gasteiger partial charge in [0.1, 0.15) is 11.5 Å². The molecule has 0 aliphatic carbocycles. The van der Waals surface area contributed by atoms with Crippen molar-refractivity contribution in [3.63, 3.8) is 0 Å². The summed E-state index contributed by atoms with van der Waals surface area (Å²) in [4.78, 5) is 0. The van der Waals surface area contributed by atoms with Crippen molar-refractivity contribution in [2.24, 2.45) is 0 Å². The highest BCUT2D eigenvalue weighted by molar-refractivity contribution is 6.20. The van der Waals surface area contributed by atoms with E-state index in [4.69, 9.17) is 9.31 Å². The Kier molecular flexibility index (Phi) is 4.77. The predicted octanol–water partition coefficient (Wildman–Crippen LogP) is 4.45. The highest BCUT2D eigenvalue weighted by atomic mass is 19.4. The minimum Gasteiger partial charge on any atom is -0.529 e. The molecule has 23 heavy (non-hydrogen) atoms. The molecule has 0 aliphatic heterocycles. The highest BCUT2D eigenvalue weighted by Gasteiger charge is 2.31. The summed E-state index contributed by atoms with van der Waals surface area (Å²) in [5, 5.41) is 0. The van der Waals surface area contributed by atoms with Gasteiger partial charge >= 0.3 is 20.0 Å². The first kappa shape index (κ1) is 17.0. The average molecular weight is 334 g/mol. The van der Waals surface area contributed by atoms with Crippen LogP contribution in [0.2, 0.25) is 0 Å². The first-order valence-electron chi connectivity index (χ1n) is 6.26. The largest absolute Gasteiger partial charge is 0.576 e. The summed E-state index contributed by atoms with van der Waals surface area (Å²) in [6.45, 7) is 0. The zero-order valence-electron chi connectivity index (χ0n) is 11.4. The lowest BCUT2D eigenvalue weighted by Crippen LogP contribution is -2.13. The second-order valence-corrected chi connectivity index (χ2v) is 4.46. The van der Waals surface area contributed by atoms with Crippen LogP contribution in [0.4, 0.5) is 26.3 Å². The first-order valence-corrected chi connectivity index (χ1v) is 6.26. The molecular weight excluding hydrogens is 325 g/mol. The fourth-order valence-corrected chi connectivity index (χ4v) is 1.69. The lowest BCUT2D eigenvalue weighted by Gasteiger charge is -2.12. The van der Waals surface area contributed by atoms with Gasteiger partial charge in [-0.3, -0.25) is 0 Å². The van der Waals surface area contributed by atoms with E-state index in [1.54, 1.807) is 0 Å². The van der Waals surface area contributed by atoms with Gasteiger partial charge in [0.15, 0.2) is 0 Å². The fourth-order valence-electron chi connectivity index (χ4n) is 1.69. The molecule has 2 nitrogen and oxygen atoms in total. The van der Waals surface area contributed by atoms with Crippen molar-refractivity contribution < 1.29 is 35.7 Å². The van der Waals surface area contributed by atoms with Crippen molar-refractivity contribution in [1.82, 2.24) is 0 Å². The zero-order valence-corrected chi connectivity index (χ0v) is 11.4. The van der Waals surface area contributed by atoms with E-state index in [-0.39, 0.29) is 11.5 Å². The van der Waals surface area contributed by atoms with Crippen molar-refractivity contribution in [2.75, 3.05) is 0 Å². The van der Waals surface area contributed by atoms with E-state index in [0.717, 1.165) is 36.4 Å². The summed E-state index contributed by atoms with van der Waals surface area (Å²) in [5.74, 6) is -0.210. The molecule has 0 aliphatic rings. The normalized spacial score (nSPS) is 11.9. The lowest BCUT2D eigenvalue weighted by molar-refractivity contribution is -0.138. The van der Waals surface area contributed by atoms with Gasteiger partial charge in [-0.1, -0.05) is 12.1 Å². The van der Waals surface area contributed by atoms with Crippen LogP contribution in [0.25, 0.3) is 0 Å². The molecule has 0 bridgehead atoms. The monoisotopic (exact) mass is 334 g/mol. The molecule has 0 N–H and O–H groups in total. The maximum absolute atomic E-state index is 12.5. The molecule has 0 unspecified atom stereocenters. The standard InChI is InChI=1S/C14H9BF6O2/c16-13(17,18)9-3-1-5-11(7-9)22-15-23-12-6-2-4-10(8-12)14(19,20)21/h1-8,15H. The Morgan fingerprint density at radius 3 is 1.39 bits per heavy atom. The van der Waals surface area contributed by atoms with Crippen LogP contribution in [0, 0.1) is 0 Å². The van der Waals surface area contributed by atoms with Crippen LogP contribution in [-0.2, 0) is 12.4 Å². The van der Waals surface area contributed by atoms with E-state index >= 15 is 0 Å². The van der Waals surface area contributed by atoms with Crippen LogP contribution < -0.4 is 9.31 Å². The minimum absolute atomic E-state index is 0.105. The second kappa shape index (κ2) is 6.43. The maximum atomic E-state index is 12.5. The molecule has 0 spiro atoms. The number of alkyl halides is 6. The molecule has 122 valence electrons. The second-order valence-electron chi connectivity index (χ2n) is 4.46. The van der Waals surface area contributed by atoms with Crippen LogP contribution in [0.1, 0.15) is 11.1 Å². The number of hydrogen-bond acceptors (Lipinski definition) is 2. The van der Waals surface area contributed by atoms with E-state index in [1.165, 1.54) is 12.1 Å². The maximum Gasteiger partial charge on any atom is 0.576 e. The number of benzene rings is 2. The number of rotatable bonds is 4. The Balaban J connectivity index is 1.98. The molecule has 9 heteroatoms. The van der Waals surface area contributed by atoms with Crippen LogP contribution in [0.15, 0.2) is 48.5 Å². The van der Waals surface area contributed by atoms with Gasteiger partial charge in [-0.15, -0.1) is 0 Å². The van der Waals surface area contributed by atoms with Gasteiger partial charge in [-0.05, 0) is 36.4 Å². The Bertz CT molecular complexity index is 611.